The smallest absolute Gasteiger partial charge is 0.326 e. The van der Waals surface area contributed by atoms with Crippen LogP contribution < -0.4 is 5.32 Å². The first kappa shape index (κ1) is 20.9. The van der Waals surface area contributed by atoms with Crippen LogP contribution in [0.25, 0.3) is 0 Å². The molecule has 0 radical (unpaired) electrons. The van der Waals surface area contributed by atoms with Gasteiger partial charge in [0.25, 0.3) is 11.8 Å². The molecule has 6 heteroatoms. The Morgan fingerprint density at radius 1 is 1.19 bits per heavy atom. The number of piperidine rings is 1. The average molecular weight is 374 g/mol. The van der Waals surface area contributed by atoms with Gasteiger partial charge in [0.2, 0.25) is 0 Å². The molecular formula is C21H30N2O4. The third-order valence-corrected chi connectivity index (χ3v) is 4.91. The Labute approximate surface area is 161 Å². The van der Waals surface area contributed by atoms with E-state index in [1.807, 2.05) is 24.8 Å². The number of ether oxygens (including phenoxy) is 1. The molecule has 6 nitrogen and oxygen atoms in total. The number of nitrogens with zero attached hydrogens (tertiary/aromatic N) is 1. The summed E-state index contributed by atoms with van der Waals surface area (Å²) in [7, 11) is 0. The molecule has 1 fully saturated rings. The number of esters is 1. The van der Waals surface area contributed by atoms with Crippen LogP contribution in [-0.2, 0) is 14.3 Å². The van der Waals surface area contributed by atoms with Crippen LogP contribution in [0, 0.1) is 13.8 Å². The van der Waals surface area contributed by atoms with Gasteiger partial charge in [-0.1, -0.05) is 24.1 Å². The molecular weight excluding hydrogens is 344 g/mol. The molecule has 1 aromatic carbocycles. The molecule has 1 aliphatic rings. The first-order chi connectivity index (χ1) is 12.8. The number of rotatable bonds is 6. The van der Waals surface area contributed by atoms with Crippen LogP contribution in [-0.4, -0.2) is 47.9 Å². The molecule has 0 spiro atoms. The SMILES string of the molecule is CCC1CCCCN1C(=O)C(C)OC(=O)CNC(=O)c1cc(C)cc(C)c1. The molecule has 0 aromatic heterocycles. The minimum Gasteiger partial charge on any atom is -0.451 e. The Morgan fingerprint density at radius 2 is 1.85 bits per heavy atom. The number of amides is 2. The van der Waals surface area contributed by atoms with Crippen molar-refractivity contribution in [1.82, 2.24) is 10.2 Å². The van der Waals surface area contributed by atoms with E-state index >= 15 is 0 Å². The Balaban J connectivity index is 1.85. The molecule has 0 bridgehead atoms. The van der Waals surface area contributed by atoms with Crippen LogP contribution in [0.1, 0.15) is 61.0 Å². The summed E-state index contributed by atoms with van der Waals surface area (Å²) in [4.78, 5) is 38.7. The van der Waals surface area contributed by atoms with E-state index in [1.54, 1.807) is 19.1 Å². The molecule has 1 aliphatic heterocycles. The molecule has 0 aliphatic carbocycles. The standard InChI is InChI=1S/C21H30N2O4/c1-5-18-8-6-7-9-23(18)21(26)16(4)27-19(24)13-22-20(25)17-11-14(2)10-15(3)12-17/h10-12,16,18H,5-9,13H2,1-4H3,(H,22,25). The van der Waals surface area contributed by atoms with Gasteiger partial charge in [-0.05, 0) is 58.6 Å². The van der Waals surface area contributed by atoms with Crippen LogP contribution in [0.4, 0.5) is 0 Å². The Hall–Kier alpha value is -2.37. The summed E-state index contributed by atoms with van der Waals surface area (Å²) in [6.45, 7) is 7.93. The number of carbonyl (C=O) groups is 3. The van der Waals surface area contributed by atoms with E-state index in [4.69, 9.17) is 4.74 Å². The van der Waals surface area contributed by atoms with Gasteiger partial charge in [-0.2, -0.15) is 0 Å². The van der Waals surface area contributed by atoms with Gasteiger partial charge in [0.1, 0.15) is 6.54 Å². The fourth-order valence-electron chi connectivity index (χ4n) is 3.60. The number of aryl methyl sites for hydroxylation is 2. The molecule has 2 rings (SSSR count). The van der Waals surface area contributed by atoms with Gasteiger partial charge >= 0.3 is 5.97 Å². The molecule has 2 amide bonds. The Morgan fingerprint density at radius 3 is 2.48 bits per heavy atom. The van der Waals surface area contributed by atoms with Gasteiger partial charge in [-0.25, -0.2) is 0 Å². The van der Waals surface area contributed by atoms with Gasteiger partial charge in [-0.3, -0.25) is 14.4 Å². The Kier molecular flexibility index (Phi) is 7.39. The van der Waals surface area contributed by atoms with E-state index in [9.17, 15) is 14.4 Å². The van der Waals surface area contributed by atoms with Crippen molar-refractivity contribution in [3.05, 3.63) is 34.9 Å². The zero-order valence-corrected chi connectivity index (χ0v) is 16.7. The van der Waals surface area contributed by atoms with E-state index in [-0.39, 0.29) is 24.4 Å². The maximum absolute atomic E-state index is 12.6. The zero-order chi connectivity index (χ0) is 20.0. The maximum atomic E-state index is 12.6. The fraction of sp³-hybridized carbons (Fsp3) is 0.571. The first-order valence-electron chi connectivity index (χ1n) is 9.68. The third kappa shape index (κ3) is 5.81. The van der Waals surface area contributed by atoms with Gasteiger partial charge in [0.15, 0.2) is 6.10 Å². The van der Waals surface area contributed by atoms with Crippen molar-refractivity contribution in [2.75, 3.05) is 13.1 Å². The lowest BCUT2D eigenvalue weighted by Gasteiger charge is -2.36. The van der Waals surface area contributed by atoms with E-state index in [1.165, 1.54) is 0 Å². The summed E-state index contributed by atoms with van der Waals surface area (Å²) in [5.74, 6) is -1.10. The van der Waals surface area contributed by atoms with Crippen LogP contribution in [0.3, 0.4) is 0 Å². The molecule has 0 saturated carbocycles. The minimum absolute atomic E-state index is 0.157. The van der Waals surface area contributed by atoms with Crippen molar-refractivity contribution in [3.63, 3.8) is 0 Å². The van der Waals surface area contributed by atoms with Crippen molar-refractivity contribution in [3.8, 4) is 0 Å². The number of carbonyl (C=O) groups excluding carboxylic acids is 3. The van der Waals surface area contributed by atoms with Crippen molar-refractivity contribution >= 4 is 17.8 Å². The molecule has 1 N–H and O–H groups in total. The third-order valence-electron chi connectivity index (χ3n) is 4.91. The van der Waals surface area contributed by atoms with E-state index < -0.39 is 12.1 Å². The Bertz CT molecular complexity index is 681. The van der Waals surface area contributed by atoms with Crippen molar-refractivity contribution in [1.29, 1.82) is 0 Å². The highest BCUT2D eigenvalue weighted by molar-refractivity contribution is 5.96. The van der Waals surface area contributed by atoms with Gasteiger partial charge in [0.05, 0.1) is 0 Å². The predicted octanol–water partition coefficient (Wildman–Crippen LogP) is 2.76. The normalized spacial score (nSPS) is 17.9. The van der Waals surface area contributed by atoms with E-state index in [0.717, 1.165) is 36.8 Å². The quantitative estimate of drug-likeness (QED) is 0.777. The monoisotopic (exact) mass is 374 g/mol. The van der Waals surface area contributed by atoms with E-state index in [2.05, 4.69) is 12.2 Å². The van der Waals surface area contributed by atoms with Crippen molar-refractivity contribution in [2.45, 2.75) is 65.5 Å². The van der Waals surface area contributed by atoms with Gasteiger partial charge < -0.3 is 15.0 Å². The molecule has 1 aromatic rings. The predicted molar refractivity (Wildman–Crippen MR) is 103 cm³/mol. The van der Waals surface area contributed by atoms with Crippen LogP contribution in [0.2, 0.25) is 0 Å². The van der Waals surface area contributed by atoms with Crippen molar-refractivity contribution in [2.24, 2.45) is 0 Å². The van der Waals surface area contributed by atoms with Gasteiger partial charge in [0, 0.05) is 18.2 Å². The highest BCUT2D eigenvalue weighted by Gasteiger charge is 2.30. The van der Waals surface area contributed by atoms with Crippen LogP contribution >= 0.6 is 0 Å². The summed E-state index contributed by atoms with van der Waals surface area (Å²) < 4.78 is 5.25. The molecule has 148 valence electrons. The number of benzene rings is 1. The lowest BCUT2D eigenvalue weighted by molar-refractivity contribution is -0.160. The highest BCUT2D eigenvalue weighted by atomic mass is 16.5. The lowest BCUT2D eigenvalue weighted by Crippen LogP contribution is -2.48. The summed E-state index contributed by atoms with van der Waals surface area (Å²) in [5, 5.41) is 2.56. The summed E-state index contributed by atoms with van der Waals surface area (Å²) >= 11 is 0. The topological polar surface area (TPSA) is 75.7 Å². The number of hydrogen-bond donors (Lipinski definition) is 1. The molecule has 2 atom stereocenters. The molecule has 1 heterocycles. The maximum Gasteiger partial charge on any atom is 0.326 e. The number of hydrogen-bond acceptors (Lipinski definition) is 4. The number of nitrogens with one attached hydrogen (secondary N) is 1. The first-order valence-corrected chi connectivity index (χ1v) is 9.68. The second-order valence-electron chi connectivity index (χ2n) is 7.28. The molecule has 27 heavy (non-hydrogen) atoms. The molecule has 2 unspecified atom stereocenters. The van der Waals surface area contributed by atoms with E-state index in [0.29, 0.717) is 12.1 Å². The highest BCUT2D eigenvalue weighted by Crippen LogP contribution is 2.20. The minimum atomic E-state index is -0.845. The summed E-state index contributed by atoms with van der Waals surface area (Å²) in [6.07, 6.45) is 3.16. The second kappa shape index (κ2) is 9.53. The second-order valence-corrected chi connectivity index (χ2v) is 7.28. The molecule has 1 saturated heterocycles. The summed E-state index contributed by atoms with van der Waals surface area (Å²) in [6, 6.07) is 5.72. The fourth-order valence-corrected chi connectivity index (χ4v) is 3.60. The largest absolute Gasteiger partial charge is 0.451 e. The van der Waals surface area contributed by atoms with Crippen molar-refractivity contribution < 1.29 is 19.1 Å². The van der Waals surface area contributed by atoms with Gasteiger partial charge in [-0.15, -0.1) is 0 Å². The van der Waals surface area contributed by atoms with Crippen LogP contribution in [0.15, 0.2) is 18.2 Å². The average Bonchev–Trinajstić information content (AvgIpc) is 2.64. The summed E-state index contributed by atoms with van der Waals surface area (Å²) in [5.41, 5.74) is 2.46. The lowest BCUT2D eigenvalue weighted by atomic mass is 9.99. The zero-order valence-electron chi connectivity index (χ0n) is 16.7. The number of likely N-dealkylation sites (tertiary alicyclic amines) is 1. The van der Waals surface area contributed by atoms with Crippen LogP contribution in [0.5, 0.6) is 0 Å².